The lowest BCUT2D eigenvalue weighted by Crippen LogP contribution is -2.36. The Hall–Kier alpha value is -2.80. The number of carbonyl (C=O) groups excluding carboxylic acids is 3. The Morgan fingerprint density at radius 2 is 1.68 bits per heavy atom. The molecule has 0 fully saturated rings. The molecule has 1 aromatic carbocycles. The molecule has 0 bridgehead atoms. The molecule has 3 amide bonds. The van der Waals surface area contributed by atoms with Gasteiger partial charge in [0, 0.05) is 42.7 Å². The number of thiophene rings is 1. The SMILES string of the molecule is CCCCN(CCCC)S(=O)(=O)c1ccc(C(=O)Nc2sc3c(c2C(=O)NC(=O)OC)CCN(C(C)C)C3)cc1. The van der Waals surface area contributed by atoms with Crippen LogP contribution in [0.3, 0.4) is 0 Å². The highest BCUT2D eigenvalue weighted by Gasteiger charge is 2.31. The smallest absolute Gasteiger partial charge is 0.413 e. The van der Waals surface area contributed by atoms with E-state index in [1.807, 2.05) is 13.8 Å². The number of amides is 3. The van der Waals surface area contributed by atoms with Crippen molar-refractivity contribution in [1.29, 1.82) is 0 Å². The second-order valence-corrected chi connectivity index (χ2v) is 13.1. The monoisotopic (exact) mass is 592 g/mol. The summed E-state index contributed by atoms with van der Waals surface area (Å²) >= 11 is 1.31. The molecule has 1 aliphatic heterocycles. The van der Waals surface area contributed by atoms with Gasteiger partial charge in [0.2, 0.25) is 10.0 Å². The molecule has 2 N–H and O–H groups in total. The number of carbonyl (C=O) groups is 3. The van der Waals surface area contributed by atoms with Crippen LogP contribution in [0.15, 0.2) is 29.2 Å². The third kappa shape index (κ3) is 7.48. The molecule has 0 aliphatic carbocycles. The summed E-state index contributed by atoms with van der Waals surface area (Å²) in [6.07, 6.45) is 3.04. The molecule has 0 saturated heterocycles. The summed E-state index contributed by atoms with van der Waals surface area (Å²) in [5.41, 5.74) is 1.31. The second kappa shape index (κ2) is 14.2. The first-order chi connectivity index (χ1) is 19.0. The largest absolute Gasteiger partial charge is 0.453 e. The molecule has 0 atom stereocenters. The Bertz CT molecular complexity index is 1300. The lowest BCUT2D eigenvalue weighted by Gasteiger charge is -2.30. The van der Waals surface area contributed by atoms with Crippen molar-refractivity contribution in [2.24, 2.45) is 0 Å². The maximum atomic E-state index is 13.3. The van der Waals surface area contributed by atoms with E-state index in [9.17, 15) is 22.8 Å². The van der Waals surface area contributed by atoms with Crippen molar-refractivity contribution in [1.82, 2.24) is 14.5 Å². The van der Waals surface area contributed by atoms with Gasteiger partial charge in [-0.15, -0.1) is 11.3 Å². The van der Waals surface area contributed by atoms with Gasteiger partial charge >= 0.3 is 6.09 Å². The molecular formula is C28H40N4O6S2. The Morgan fingerprint density at radius 3 is 2.23 bits per heavy atom. The minimum atomic E-state index is -3.69. The molecule has 10 nitrogen and oxygen atoms in total. The zero-order valence-corrected chi connectivity index (χ0v) is 25.5. The fraction of sp³-hybridized carbons (Fsp3) is 0.536. The van der Waals surface area contributed by atoms with Crippen LogP contribution in [0, 0.1) is 0 Å². The first kappa shape index (κ1) is 31.7. The van der Waals surface area contributed by atoms with Gasteiger partial charge in [0.05, 0.1) is 17.6 Å². The van der Waals surface area contributed by atoms with Crippen LogP contribution in [-0.2, 0) is 27.7 Å². The van der Waals surface area contributed by atoms with E-state index >= 15 is 0 Å². The topological polar surface area (TPSA) is 125 Å². The molecule has 220 valence electrons. The number of unbranched alkanes of at least 4 members (excludes halogenated alkanes) is 2. The molecule has 1 aliphatic rings. The number of fused-ring (bicyclic) bond motifs is 1. The van der Waals surface area contributed by atoms with Crippen molar-refractivity contribution in [2.75, 3.05) is 32.1 Å². The van der Waals surface area contributed by atoms with E-state index in [4.69, 9.17) is 0 Å². The third-order valence-electron chi connectivity index (χ3n) is 6.95. The molecule has 3 rings (SSSR count). The van der Waals surface area contributed by atoms with Crippen LogP contribution in [0.4, 0.5) is 9.80 Å². The van der Waals surface area contributed by atoms with Crippen molar-refractivity contribution in [2.45, 2.75) is 77.3 Å². The average molecular weight is 593 g/mol. The van der Waals surface area contributed by atoms with Crippen LogP contribution in [0.5, 0.6) is 0 Å². The highest BCUT2D eigenvalue weighted by molar-refractivity contribution is 7.89. The summed E-state index contributed by atoms with van der Waals surface area (Å²) < 4.78 is 32.6. The fourth-order valence-corrected chi connectivity index (χ4v) is 7.31. The van der Waals surface area contributed by atoms with Crippen molar-refractivity contribution in [3.63, 3.8) is 0 Å². The molecule has 2 aromatic rings. The van der Waals surface area contributed by atoms with Crippen LogP contribution in [-0.4, -0.2) is 68.3 Å². The summed E-state index contributed by atoms with van der Waals surface area (Å²) in [7, 11) is -2.52. The molecular weight excluding hydrogens is 552 g/mol. The lowest BCUT2D eigenvalue weighted by molar-refractivity contribution is 0.0936. The lowest BCUT2D eigenvalue weighted by atomic mass is 10.0. The quantitative estimate of drug-likeness (QED) is 0.361. The van der Waals surface area contributed by atoms with Crippen LogP contribution in [0.1, 0.15) is 84.5 Å². The highest BCUT2D eigenvalue weighted by Crippen LogP contribution is 2.38. The average Bonchev–Trinajstić information content (AvgIpc) is 3.29. The van der Waals surface area contributed by atoms with E-state index in [0.29, 0.717) is 37.1 Å². The summed E-state index contributed by atoms with van der Waals surface area (Å²) in [6.45, 7) is 10.5. The van der Waals surface area contributed by atoms with E-state index in [2.05, 4.69) is 34.1 Å². The first-order valence-electron chi connectivity index (χ1n) is 13.7. The standard InChI is InChI=1S/C28H40N4O6S2/c1-6-8-15-32(16-9-7-2)40(36,37)21-12-10-20(11-13-21)25(33)29-27-24(26(34)30-28(35)38-5)22-14-17-31(19(3)4)18-23(22)39-27/h10-13,19H,6-9,14-18H2,1-5H3,(H,29,33)(H,30,34,35). The Labute approximate surface area is 241 Å². The summed E-state index contributed by atoms with van der Waals surface area (Å²) in [4.78, 5) is 41.4. The highest BCUT2D eigenvalue weighted by atomic mass is 32.2. The molecule has 2 heterocycles. The van der Waals surface area contributed by atoms with E-state index in [1.165, 1.54) is 47.0 Å². The van der Waals surface area contributed by atoms with Gasteiger partial charge in [-0.3, -0.25) is 19.8 Å². The zero-order chi connectivity index (χ0) is 29.4. The van der Waals surface area contributed by atoms with E-state index < -0.39 is 27.9 Å². The van der Waals surface area contributed by atoms with Gasteiger partial charge in [0.1, 0.15) is 5.00 Å². The summed E-state index contributed by atoms with van der Waals surface area (Å²) in [6, 6.07) is 6.15. The number of imide groups is 1. The van der Waals surface area contributed by atoms with Crippen molar-refractivity contribution < 1.29 is 27.5 Å². The number of ether oxygens (including phenoxy) is 1. The number of hydrogen-bond donors (Lipinski definition) is 2. The van der Waals surface area contributed by atoms with Gasteiger partial charge in [-0.2, -0.15) is 4.31 Å². The third-order valence-corrected chi connectivity index (χ3v) is 9.99. The maximum absolute atomic E-state index is 13.3. The predicted octanol–water partition coefficient (Wildman–Crippen LogP) is 4.85. The van der Waals surface area contributed by atoms with Crippen molar-refractivity contribution in [3.8, 4) is 0 Å². The van der Waals surface area contributed by atoms with Crippen LogP contribution in [0.2, 0.25) is 0 Å². The number of benzene rings is 1. The van der Waals surface area contributed by atoms with Gasteiger partial charge in [-0.1, -0.05) is 26.7 Å². The molecule has 0 radical (unpaired) electrons. The predicted molar refractivity (Wildman–Crippen MR) is 156 cm³/mol. The fourth-order valence-electron chi connectivity index (χ4n) is 4.52. The number of rotatable bonds is 12. The van der Waals surface area contributed by atoms with E-state index in [1.54, 1.807) is 0 Å². The minimum absolute atomic E-state index is 0.134. The molecule has 0 spiro atoms. The number of nitrogens with zero attached hydrogens (tertiary/aromatic N) is 2. The van der Waals surface area contributed by atoms with Crippen molar-refractivity contribution in [3.05, 3.63) is 45.8 Å². The van der Waals surface area contributed by atoms with Crippen molar-refractivity contribution >= 4 is 44.3 Å². The van der Waals surface area contributed by atoms with Gasteiger partial charge in [0.25, 0.3) is 11.8 Å². The van der Waals surface area contributed by atoms with Crippen LogP contribution in [0.25, 0.3) is 0 Å². The number of methoxy groups -OCH3 is 1. The number of hydrogen-bond acceptors (Lipinski definition) is 8. The van der Waals surface area contributed by atoms with Gasteiger partial charge < -0.3 is 10.1 Å². The molecule has 12 heteroatoms. The Morgan fingerprint density at radius 1 is 1.05 bits per heavy atom. The van der Waals surface area contributed by atoms with E-state index in [0.717, 1.165) is 42.7 Å². The first-order valence-corrected chi connectivity index (χ1v) is 16.0. The number of nitrogens with one attached hydrogen (secondary N) is 2. The van der Waals surface area contributed by atoms with Gasteiger partial charge in [0.15, 0.2) is 0 Å². The Kier molecular flexibility index (Phi) is 11.3. The van der Waals surface area contributed by atoms with E-state index in [-0.39, 0.29) is 16.0 Å². The van der Waals surface area contributed by atoms with Gasteiger partial charge in [-0.25, -0.2) is 13.2 Å². The minimum Gasteiger partial charge on any atom is -0.453 e. The Balaban J connectivity index is 1.86. The van der Waals surface area contributed by atoms with Gasteiger partial charge in [-0.05, 0) is 62.9 Å². The number of sulfonamides is 1. The molecule has 0 saturated carbocycles. The molecule has 0 unspecified atom stereocenters. The normalized spacial score (nSPS) is 13.8. The molecule has 1 aromatic heterocycles. The van der Waals surface area contributed by atoms with Crippen LogP contribution < -0.4 is 10.6 Å². The number of alkyl carbamates (subject to hydrolysis) is 1. The summed E-state index contributed by atoms with van der Waals surface area (Å²) in [5, 5.41) is 5.37. The maximum Gasteiger partial charge on any atom is 0.413 e. The summed E-state index contributed by atoms with van der Waals surface area (Å²) in [5.74, 6) is -1.12. The van der Waals surface area contributed by atoms with Crippen LogP contribution >= 0.6 is 11.3 Å². The second-order valence-electron chi connectivity index (χ2n) is 10.1. The zero-order valence-electron chi connectivity index (χ0n) is 23.9. The number of anilines is 1. The molecule has 40 heavy (non-hydrogen) atoms.